The minimum atomic E-state index is -0.968. The number of aromatic amines is 1. The fourth-order valence-corrected chi connectivity index (χ4v) is 2.37. The zero-order valence-corrected chi connectivity index (χ0v) is 10.7. The molecule has 0 radical (unpaired) electrons. The fraction of sp³-hybridized carbons (Fsp3) is 0.0625. The van der Waals surface area contributed by atoms with Crippen molar-refractivity contribution in [2.45, 2.75) is 6.92 Å². The highest BCUT2D eigenvalue weighted by atomic mass is 19.2. The maximum absolute atomic E-state index is 13.8. The SMILES string of the molecule is Cc1cccc(-c2[nH]c3c(F)c(F)ccc3c2C=O)c1. The first-order chi connectivity index (χ1) is 9.61. The summed E-state index contributed by atoms with van der Waals surface area (Å²) < 4.78 is 27.1. The van der Waals surface area contributed by atoms with Gasteiger partial charge in [-0.05, 0) is 30.7 Å². The van der Waals surface area contributed by atoms with E-state index in [4.69, 9.17) is 0 Å². The Morgan fingerprint density at radius 3 is 2.65 bits per heavy atom. The van der Waals surface area contributed by atoms with Crippen LogP contribution in [0.5, 0.6) is 0 Å². The average Bonchev–Trinajstić information content (AvgIpc) is 2.82. The molecule has 0 saturated carbocycles. The quantitative estimate of drug-likeness (QED) is 0.695. The monoisotopic (exact) mass is 271 g/mol. The third-order valence-electron chi connectivity index (χ3n) is 3.33. The molecule has 0 bridgehead atoms. The maximum Gasteiger partial charge on any atom is 0.182 e. The number of fused-ring (bicyclic) bond motifs is 1. The minimum Gasteiger partial charge on any atom is -0.351 e. The van der Waals surface area contributed by atoms with Crippen LogP contribution in [0, 0.1) is 18.6 Å². The highest BCUT2D eigenvalue weighted by Gasteiger charge is 2.17. The van der Waals surface area contributed by atoms with Gasteiger partial charge in [0, 0.05) is 10.9 Å². The number of carbonyl (C=O) groups is 1. The molecule has 0 aliphatic carbocycles. The van der Waals surface area contributed by atoms with Crippen molar-refractivity contribution >= 4 is 17.2 Å². The Morgan fingerprint density at radius 1 is 1.15 bits per heavy atom. The summed E-state index contributed by atoms with van der Waals surface area (Å²) in [6.45, 7) is 1.92. The largest absolute Gasteiger partial charge is 0.351 e. The second-order valence-corrected chi connectivity index (χ2v) is 4.68. The van der Waals surface area contributed by atoms with Crippen LogP contribution in [0.1, 0.15) is 15.9 Å². The molecule has 0 aliphatic rings. The molecule has 4 heteroatoms. The molecule has 1 aromatic heterocycles. The standard InChI is InChI=1S/C16H11F2NO/c1-9-3-2-4-10(7-9)15-12(8-20)11-5-6-13(17)14(18)16(11)19-15/h2-8,19H,1H3. The van der Waals surface area contributed by atoms with Gasteiger partial charge in [-0.2, -0.15) is 0 Å². The molecule has 3 rings (SSSR count). The molecule has 0 saturated heterocycles. The lowest BCUT2D eigenvalue weighted by molar-refractivity contribution is 0.112. The number of benzene rings is 2. The topological polar surface area (TPSA) is 32.9 Å². The molecular weight excluding hydrogens is 260 g/mol. The van der Waals surface area contributed by atoms with Crippen molar-refractivity contribution in [3.63, 3.8) is 0 Å². The molecule has 20 heavy (non-hydrogen) atoms. The molecule has 0 fully saturated rings. The summed E-state index contributed by atoms with van der Waals surface area (Å²) in [6, 6.07) is 9.91. The number of aromatic nitrogens is 1. The van der Waals surface area contributed by atoms with Crippen LogP contribution in [0.3, 0.4) is 0 Å². The van der Waals surface area contributed by atoms with E-state index >= 15 is 0 Å². The highest BCUT2D eigenvalue weighted by Crippen LogP contribution is 2.31. The Bertz CT molecular complexity index is 821. The summed E-state index contributed by atoms with van der Waals surface area (Å²) in [6.07, 6.45) is 0.661. The van der Waals surface area contributed by atoms with E-state index in [-0.39, 0.29) is 5.52 Å². The van der Waals surface area contributed by atoms with Crippen molar-refractivity contribution < 1.29 is 13.6 Å². The molecule has 2 nitrogen and oxygen atoms in total. The zero-order valence-electron chi connectivity index (χ0n) is 10.7. The van der Waals surface area contributed by atoms with Crippen molar-refractivity contribution in [2.24, 2.45) is 0 Å². The molecule has 0 unspecified atom stereocenters. The Hall–Kier alpha value is -2.49. The minimum absolute atomic E-state index is 0.0172. The summed E-state index contributed by atoms with van der Waals surface area (Å²) >= 11 is 0. The van der Waals surface area contributed by atoms with Gasteiger partial charge in [-0.25, -0.2) is 8.78 Å². The molecule has 1 N–H and O–H groups in total. The van der Waals surface area contributed by atoms with E-state index in [2.05, 4.69) is 4.98 Å². The van der Waals surface area contributed by atoms with Gasteiger partial charge < -0.3 is 4.98 Å². The van der Waals surface area contributed by atoms with E-state index in [0.717, 1.165) is 17.2 Å². The van der Waals surface area contributed by atoms with Gasteiger partial charge in [-0.15, -0.1) is 0 Å². The van der Waals surface area contributed by atoms with E-state index in [9.17, 15) is 13.6 Å². The van der Waals surface area contributed by atoms with E-state index < -0.39 is 11.6 Å². The Kier molecular flexibility index (Phi) is 2.86. The van der Waals surface area contributed by atoms with Gasteiger partial charge in [0.2, 0.25) is 0 Å². The van der Waals surface area contributed by atoms with Crippen LogP contribution in [0.25, 0.3) is 22.2 Å². The number of halogens is 2. The second-order valence-electron chi connectivity index (χ2n) is 4.68. The smallest absolute Gasteiger partial charge is 0.182 e. The van der Waals surface area contributed by atoms with E-state index in [1.54, 1.807) is 0 Å². The van der Waals surface area contributed by atoms with Gasteiger partial charge in [0.25, 0.3) is 0 Å². The fourth-order valence-electron chi connectivity index (χ4n) is 2.37. The Labute approximate surface area is 114 Å². The predicted octanol–water partition coefficient (Wildman–Crippen LogP) is 4.23. The Balaban J connectivity index is 2.36. The predicted molar refractivity (Wildman–Crippen MR) is 73.8 cm³/mol. The first-order valence-electron chi connectivity index (χ1n) is 6.13. The van der Waals surface area contributed by atoms with Crippen LogP contribution in [-0.2, 0) is 0 Å². The third kappa shape index (κ3) is 1.81. The number of aldehydes is 1. The van der Waals surface area contributed by atoms with Crippen LogP contribution in [0.4, 0.5) is 8.78 Å². The number of carbonyl (C=O) groups excluding carboxylic acids is 1. The summed E-state index contributed by atoms with van der Waals surface area (Å²) in [5.74, 6) is -1.91. The van der Waals surface area contributed by atoms with Gasteiger partial charge >= 0.3 is 0 Å². The molecule has 0 atom stereocenters. The van der Waals surface area contributed by atoms with Gasteiger partial charge in [-0.3, -0.25) is 4.79 Å². The van der Waals surface area contributed by atoms with Crippen molar-refractivity contribution in [1.29, 1.82) is 0 Å². The van der Waals surface area contributed by atoms with Gasteiger partial charge in [0.15, 0.2) is 17.9 Å². The number of hydrogen-bond acceptors (Lipinski definition) is 1. The molecule has 0 spiro atoms. The summed E-state index contributed by atoms with van der Waals surface area (Å²) in [4.78, 5) is 14.1. The first kappa shape index (κ1) is 12.5. The van der Waals surface area contributed by atoms with Gasteiger partial charge in [-0.1, -0.05) is 23.8 Å². The highest BCUT2D eigenvalue weighted by molar-refractivity contribution is 6.04. The van der Waals surface area contributed by atoms with Crippen molar-refractivity contribution in [3.05, 3.63) is 59.2 Å². The average molecular weight is 271 g/mol. The number of hydrogen-bond donors (Lipinski definition) is 1. The first-order valence-corrected chi connectivity index (χ1v) is 6.13. The lowest BCUT2D eigenvalue weighted by Crippen LogP contribution is -1.85. The number of nitrogens with one attached hydrogen (secondary N) is 1. The summed E-state index contributed by atoms with van der Waals surface area (Å²) in [5.41, 5.74) is 2.64. The van der Waals surface area contributed by atoms with Crippen LogP contribution in [0.15, 0.2) is 36.4 Å². The van der Waals surface area contributed by atoms with Crippen LogP contribution in [0.2, 0.25) is 0 Å². The van der Waals surface area contributed by atoms with Crippen molar-refractivity contribution in [2.75, 3.05) is 0 Å². The van der Waals surface area contributed by atoms with E-state index in [0.29, 0.717) is 22.9 Å². The number of rotatable bonds is 2. The molecule has 0 amide bonds. The lowest BCUT2D eigenvalue weighted by Gasteiger charge is -2.01. The van der Waals surface area contributed by atoms with Crippen LogP contribution >= 0.6 is 0 Å². The van der Waals surface area contributed by atoms with E-state index in [1.165, 1.54) is 6.07 Å². The summed E-state index contributed by atoms with van der Waals surface area (Å²) in [7, 11) is 0. The number of H-pyrrole nitrogens is 1. The second kappa shape index (κ2) is 4.56. The lowest BCUT2D eigenvalue weighted by atomic mass is 10.0. The maximum atomic E-state index is 13.8. The van der Waals surface area contributed by atoms with Crippen molar-refractivity contribution in [1.82, 2.24) is 4.98 Å². The molecule has 3 aromatic rings. The number of aryl methyl sites for hydroxylation is 1. The molecule has 100 valence electrons. The third-order valence-corrected chi connectivity index (χ3v) is 3.33. The van der Waals surface area contributed by atoms with E-state index in [1.807, 2.05) is 31.2 Å². The zero-order chi connectivity index (χ0) is 14.3. The van der Waals surface area contributed by atoms with Crippen LogP contribution < -0.4 is 0 Å². The summed E-state index contributed by atoms with van der Waals surface area (Å²) in [5, 5.41) is 0.385. The van der Waals surface area contributed by atoms with Crippen LogP contribution in [-0.4, -0.2) is 11.3 Å². The molecule has 2 aromatic carbocycles. The molecule has 1 heterocycles. The molecule has 0 aliphatic heterocycles. The Morgan fingerprint density at radius 2 is 1.95 bits per heavy atom. The normalized spacial score (nSPS) is 10.9. The van der Waals surface area contributed by atoms with Crippen molar-refractivity contribution in [3.8, 4) is 11.3 Å². The van der Waals surface area contributed by atoms with Gasteiger partial charge in [0.05, 0.1) is 11.2 Å². The van der Waals surface area contributed by atoms with Gasteiger partial charge in [0.1, 0.15) is 0 Å². The molecular formula is C16H11F2NO.